The summed E-state index contributed by atoms with van der Waals surface area (Å²) in [6.07, 6.45) is 2.28. The number of hydrogen-bond acceptors (Lipinski definition) is 5. The standard InChI is InChI=1S/C22H21ClN4O3S/c1-31-13-12-19(25-20(28)15-7-3-4-8-16(15)23)22(30)27-26-21(29)18-11-10-14-6-2-5-9-17(14)24-18/h2-11,19H,12-13H2,1H3,(H,25,28)(H,26,29)(H,27,30). The Morgan fingerprint density at radius 2 is 1.71 bits per heavy atom. The Hall–Kier alpha value is -3.10. The Morgan fingerprint density at radius 1 is 0.968 bits per heavy atom. The van der Waals surface area contributed by atoms with Crippen LogP contribution in [0.15, 0.2) is 60.7 Å². The third kappa shape index (κ3) is 5.96. The minimum absolute atomic E-state index is 0.166. The second-order valence-corrected chi connectivity index (χ2v) is 8.01. The van der Waals surface area contributed by atoms with Crippen molar-refractivity contribution in [2.45, 2.75) is 12.5 Å². The first-order valence-corrected chi connectivity index (χ1v) is 11.3. The fraction of sp³-hybridized carbons (Fsp3) is 0.182. The molecule has 3 rings (SSSR count). The zero-order valence-corrected chi connectivity index (χ0v) is 18.3. The average molecular weight is 457 g/mol. The number of carbonyl (C=O) groups excluding carboxylic acids is 3. The average Bonchev–Trinajstić information content (AvgIpc) is 2.79. The predicted molar refractivity (Wildman–Crippen MR) is 123 cm³/mol. The van der Waals surface area contributed by atoms with E-state index in [0.29, 0.717) is 22.7 Å². The molecule has 1 heterocycles. The summed E-state index contributed by atoms with van der Waals surface area (Å²) in [5, 5.41) is 3.88. The number of amides is 3. The first-order valence-electron chi connectivity index (χ1n) is 9.50. The van der Waals surface area contributed by atoms with E-state index in [1.807, 2.05) is 24.5 Å². The molecule has 3 amide bonds. The Bertz CT molecular complexity index is 1110. The van der Waals surface area contributed by atoms with Gasteiger partial charge in [-0.05, 0) is 42.7 Å². The van der Waals surface area contributed by atoms with Crippen molar-refractivity contribution >= 4 is 52.0 Å². The number of pyridine rings is 1. The highest BCUT2D eigenvalue weighted by Gasteiger charge is 2.23. The second kappa shape index (κ2) is 10.8. The van der Waals surface area contributed by atoms with Crippen LogP contribution in [0.25, 0.3) is 10.9 Å². The molecule has 0 aliphatic heterocycles. The van der Waals surface area contributed by atoms with Crippen LogP contribution >= 0.6 is 23.4 Å². The summed E-state index contributed by atoms with van der Waals surface area (Å²) >= 11 is 7.61. The van der Waals surface area contributed by atoms with E-state index in [1.165, 1.54) is 0 Å². The Labute approximate surface area is 188 Å². The van der Waals surface area contributed by atoms with Gasteiger partial charge in [0.1, 0.15) is 11.7 Å². The lowest BCUT2D eigenvalue weighted by Gasteiger charge is -2.18. The van der Waals surface area contributed by atoms with Crippen LogP contribution in [-0.4, -0.2) is 40.8 Å². The van der Waals surface area contributed by atoms with E-state index in [2.05, 4.69) is 21.2 Å². The lowest BCUT2D eigenvalue weighted by molar-refractivity contribution is -0.123. The van der Waals surface area contributed by atoms with Crippen LogP contribution in [-0.2, 0) is 4.79 Å². The fourth-order valence-electron chi connectivity index (χ4n) is 2.85. The molecule has 1 aromatic heterocycles. The quantitative estimate of drug-likeness (QED) is 0.474. The van der Waals surface area contributed by atoms with E-state index in [4.69, 9.17) is 11.6 Å². The van der Waals surface area contributed by atoms with E-state index in [1.54, 1.807) is 54.2 Å². The second-order valence-electron chi connectivity index (χ2n) is 6.62. The molecule has 2 aromatic carbocycles. The zero-order valence-electron chi connectivity index (χ0n) is 16.7. The molecule has 3 aromatic rings. The molecule has 31 heavy (non-hydrogen) atoms. The van der Waals surface area contributed by atoms with Gasteiger partial charge in [-0.1, -0.05) is 48.0 Å². The number of halogens is 1. The van der Waals surface area contributed by atoms with E-state index in [0.717, 1.165) is 5.39 Å². The molecule has 1 atom stereocenters. The van der Waals surface area contributed by atoms with Crippen LogP contribution in [0.5, 0.6) is 0 Å². The molecule has 160 valence electrons. The Balaban J connectivity index is 1.64. The van der Waals surface area contributed by atoms with Crippen molar-refractivity contribution in [1.29, 1.82) is 0 Å². The van der Waals surface area contributed by atoms with E-state index in [-0.39, 0.29) is 11.3 Å². The summed E-state index contributed by atoms with van der Waals surface area (Å²) in [4.78, 5) is 41.9. The smallest absolute Gasteiger partial charge is 0.288 e. The summed E-state index contributed by atoms with van der Waals surface area (Å²) in [5.41, 5.74) is 5.85. The maximum atomic E-state index is 12.6. The van der Waals surface area contributed by atoms with Gasteiger partial charge < -0.3 is 5.32 Å². The van der Waals surface area contributed by atoms with Crippen LogP contribution in [0.4, 0.5) is 0 Å². The number of nitrogens with one attached hydrogen (secondary N) is 3. The van der Waals surface area contributed by atoms with Crippen molar-refractivity contribution in [1.82, 2.24) is 21.2 Å². The topological polar surface area (TPSA) is 100 Å². The third-order valence-corrected chi connectivity index (χ3v) is 5.45. The van der Waals surface area contributed by atoms with E-state index >= 15 is 0 Å². The maximum Gasteiger partial charge on any atom is 0.288 e. The van der Waals surface area contributed by atoms with Gasteiger partial charge in [0.05, 0.1) is 16.1 Å². The van der Waals surface area contributed by atoms with Crippen LogP contribution in [0, 0.1) is 0 Å². The number of rotatable bonds is 7. The molecule has 0 aliphatic rings. The first kappa shape index (κ1) is 22.6. The van der Waals surface area contributed by atoms with Gasteiger partial charge in [-0.3, -0.25) is 25.2 Å². The predicted octanol–water partition coefficient (Wildman–Crippen LogP) is 3.20. The van der Waals surface area contributed by atoms with Gasteiger partial charge in [0.2, 0.25) is 0 Å². The van der Waals surface area contributed by atoms with Gasteiger partial charge in [-0.25, -0.2) is 4.98 Å². The van der Waals surface area contributed by atoms with Crippen LogP contribution in [0.2, 0.25) is 5.02 Å². The molecule has 1 unspecified atom stereocenters. The number of hydrazine groups is 1. The minimum atomic E-state index is -0.846. The molecule has 9 heteroatoms. The number of hydrogen-bond donors (Lipinski definition) is 3. The molecule has 0 saturated heterocycles. The number of nitrogens with zero attached hydrogens (tertiary/aromatic N) is 1. The van der Waals surface area contributed by atoms with Crippen molar-refractivity contribution < 1.29 is 14.4 Å². The molecule has 0 saturated carbocycles. The van der Waals surface area contributed by atoms with Gasteiger partial charge in [0, 0.05) is 5.39 Å². The lowest BCUT2D eigenvalue weighted by atomic mass is 10.1. The summed E-state index contributed by atoms with van der Waals surface area (Å²) in [7, 11) is 0. The molecular formula is C22H21ClN4O3S. The van der Waals surface area contributed by atoms with Gasteiger partial charge in [0.25, 0.3) is 17.7 Å². The normalized spacial score (nSPS) is 11.5. The van der Waals surface area contributed by atoms with Gasteiger partial charge in [-0.15, -0.1) is 0 Å². The molecule has 0 aliphatic carbocycles. The Morgan fingerprint density at radius 3 is 2.48 bits per heavy atom. The summed E-state index contributed by atoms with van der Waals surface area (Å²) in [6.45, 7) is 0. The molecule has 0 bridgehead atoms. The van der Waals surface area contributed by atoms with Crippen LogP contribution in [0.3, 0.4) is 0 Å². The molecule has 0 spiro atoms. The number of para-hydroxylation sites is 1. The Kier molecular flexibility index (Phi) is 7.86. The van der Waals surface area contributed by atoms with Crippen LogP contribution < -0.4 is 16.2 Å². The van der Waals surface area contributed by atoms with Crippen molar-refractivity contribution in [2.75, 3.05) is 12.0 Å². The minimum Gasteiger partial charge on any atom is -0.340 e. The first-order chi connectivity index (χ1) is 15.0. The van der Waals surface area contributed by atoms with Gasteiger partial charge >= 0.3 is 0 Å². The highest BCUT2D eigenvalue weighted by molar-refractivity contribution is 7.98. The molecular weight excluding hydrogens is 436 g/mol. The molecule has 7 nitrogen and oxygen atoms in total. The number of aromatic nitrogens is 1. The molecule has 3 N–H and O–H groups in total. The van der Waals surface area contributed by atoms with Crippen LogP contribution in [0.1, 0.15) is 27.3 Å². The van der Waals surface area contributed by atoms with Crippen molar-refractivity contribution in [3.05, 3.63) is 76.9 Å². The maximum absolute atomic E-state index is 12.6. The zero-order chi connectivity index (χ0) is 22.2. The summed E-state index contributed by atoms with van der Waals surface area (Å²) < 4.78 is 0. The van der Waals surface area contributed by atoms with Gasteiger partial charge in [0.15, 0.2) is 0 Å². The van der Waals surface area contributed by atoms with Crippen molar-refractivity contribution in [2.24, 2.45) is 0 Å². The van der Waals surface area contributed by atoms with E-state index < -0.39 is 23.8 Å². The molecule has 0 fully saturated rings. The number of thioether (sulfide) groups is 1. The fourth-order valence-corrected chi connectivity index (χ4v) is 3.54. The summed E-state index contributed by atoms with van der Waals surface area (Å²) in [6, 6.07) is 16.5. The number of benzene rings is 2. The van der Waals surface area contributed by atoms with Crippen molar-refractivity contribution in [3.63, 3.8) is 0 Å². The van der Waals surface area contributed by atoms with Gasteiger partial charge in [-0.2, -0.15) is 11.8 Å². The highest BCUT2D eigenvalue weighted by atomic mass is 35.5. The number of fused-ring (bicyclic) bond motifs is 1. The van der Waals surface area contributed by atoms with E-state index in [9.17, 15) is 14.4 Å². The third-order valence-electron chi connectivity index (χ3n) is 4.48. The lowest BCUT2D eigenvalue weighted by Crippen LogP contribution is -2.52. The monoisotopic (exact) mass is 456 g/mol. The summed E-state index contributed by atoms with van der Waals surface area (Å²) in [5.74, 6) is -0.917. The highest BCUT2D eigenvalue weighted by Crippen LogP contribution is 2.15. The SMILES string of the molecule is CSCCC(NC(=O)c1ccccc1Cl)C(=O)NNC(=O)c1ccc2ccccc2n1. The largest absolute Gasteiger partial charge is 0.340 e. The number of carbonyl (C=O) groups is 3. The van der Waals surface area contributed by atoms with Crippen molar-refractivity contribution in [3.8, 4) is 0 Å². The molecule has 0 radical (unpaired) electrons.